The van der Waals surface area contributed by atoms with Gasteiger partial charge in [0, 0.05) is 37.2 Å². The second-order valence-corrected chi connectivity index (χ2v) is 9.93. The van der Waals surface area contributed by atoms with Gasteiger partial charge in [-0.3, -0.25) is 9.48 Å². The van der Waals surface area contributed by atoms with Gasteiger partial charge < -0.3 is 4.90 Å². The van der Waals surface area contributed by atoms with E-state index in [9.17, 15) is 13.2 Å². The quantitative estimate of drug-likeness (QED) is 0.675. The Labute approximate surface area is 174 Å². The zero-order valence-electron chi connectivity index (χ0n) is 16.3. The predicted molar refractivity (Wildman–Crippen MR) is 111 cm³/mol. The second kappa shape index (κ2) is 8.34. The highest BCUT2D eigenvalue weighted by Gasteiger charge is 2.31. The first kappa shape index (κ1) is 21.0. The Balaban J connectivity index is 1.72. The summed E-state index contributed by atoms with van der Waals surface area (Å²) in [7, 11) is -3.57. The van der Waals surface area contributed by atoms with E-state index in [1.165, 1.54) is 4.31 Å². The molecule has 0 atom stereocenters. The van der Waals surface area contributed by atoms with Crippen LogP contribution in [0.15, 0.2) is 39.7 Å². The van der Waals surface area contributed by atoms with Crippen molar-refractivity contribution in [1.82, 2.24) is 19.0 Å². The largest absolute Gasteiger partial charge is 0.335 e. The van der Waals surface area contributed by atoms with Crippen LogP contribution < -0.4 is 0 Å². The zero-order valence-corrected chi connectivity index (χ0v) is 18.7. The average Bonchev–Trinajstić information content (AvgIpc) is 3.12. The lowest BCUT2D eigenvalue weighted by Gasteiger charge is -2.34. The number of hydrogen-bond acceptors (Lipinski definition) is 4. The molecule has 28 heavy (non-hydrogen) atoms. The lowest BCUT2D eigenvalue weighted by molar-refractivity contribution is 0.0685. The summed E-state index contributed by atoms with van der Waals surface area (Å²) in [6.07, 6.45) is 0. The van der Waals surface area contributed by atoms with Gasteiger partial charge in [-0.05, 0) is 37.1 Å². The summed E-state index contributed by atoms with van der Waals surface area (Å²) < 4.78 is 29.6. The van der Waals surface area contributed by atoms with Crippen molar-refractivity contribution in [2.24, 2.45) is 0 Å². The van der Waals surface area contributed by atoms with E-state index >= 15 is 0 Å². The normalized spacial score (nSPS) is 16.0. The third-order valence-electron chi connectivity index (χ3n) is 4.87. The lowest BCUT2D eigenvalue weighted by Crippen LogP contribution is -2.50. The van der Waals surface area contributed by atoms with Gasteiger partial charge in [-0.15, -0.1) is 0 Å². The number of benzene rings is 1. The fourth-order valence-electron chi connectivity index (χ4n) is 3.20. The number of aryl methyl sites for hydroxylation is 1. The monoisotopic (exact) mass is 468 g/mol. The van der Waals surface area contributed by atoms with E-state index in [2.05, 4.69) is 21.0 Å². The van der Waals surface area contributed by atoms with Crippen molar-refractivity contribution in [3.05, 3.63) is 46.2 Å². The van der Waals surface area contributed by atoms with Gasteiger partial charge in [-0.2, -0.15) is 9.40 Å². The summed E-state index contributed by atoms with van der Waals surface area (Å²) in [5.74, 6) is 0.146. The number of carbonyl (C=O) groups excluding carboxylic acids is 1. The Kier molecular flexibility index (Phi) is 6.26. The van der Waals surface area contributed by atoms with Gasteiger partial charge in [-0.1, -0.05) is 35.8 Å². The first-order chi connectivity index (χ1) is 13.2. The highest BCUT2D eigenvalue weighted by Crippen LogP contribution is 2.22. The Hall–Kier alpha value is -1.71. The number of halogens is 1. The molecule has 2 heterocycles. The molecule has 2 aromatic rings. The third kappa shape index (κ3) is 4.16. The molecule has 1 aliphatic rings. The molecule has 1 aromatic carbocycles. The van der Waals surface area contributed by atoms with Crippen molar-refractivity contribution in [3.63, 3.8) is 0 Å². The van der Waals surface area contributed by atoms with Crippen LogP contribution in [0.2, 0.25) is 0 Å². The zero-order chi connectivity index (χ0) is 20.5. The molecule has 1 saturated heterocycles. The maximum atomic E-state index is 13.0. The van der Waals surface area contributed by atoms with Crippen LogP contribution in [0.4, 0.5) is 0 Å². The van der Waals surface area contributed by atoms with Gasteiger partial charge in [-0.25, -0.2) is 8.42 Å². The van der Waals surface area contributed by atoms with Crippen molar-refractivity contribution in [3.8, 4) is 0 Å². The Morgan fingerprint density at radius 3 is 2.43 bits per heavy atom. The average molecular weight is 469 g/mol. The van der Waals surface area contributed by atoms with Gasteiger partial charge in [0.15, 0.2) is 0 Å². The molecule has 7 nitrogen and oxygen atoms in total. The Morgan fingerprint density at radius 2 is 1.86 bits per heavy atom. The van der Waals surface area contributed by atoms with E-state index in [0.717, 1.165) is 10.2 Å². The first-order valence-corrected chi connectivity index (χ1v) is 11.6. The van der Waals surface area contributed by atoms with Crippen molar-refractivity contribution in [2.75, 3.05) is 26.2 Å². The van der Waals surface area contributed by atoms with Crippen LogP contribution in [0.1, 0.15) is 42.9 Å². The number of carbonyl (C=O) groups is 1. The maximum Gasteiger partial charge on any atom is 0.272 e. The van der Waals surface area contributed by atoms with Gasteiger partial charge in [0.05, 0.1) is 10.6 Å². The summed E-state index contributed by atoms with van der Waals surface area (Å²) >= 11 is 3.31. The Morgan fingerprint density at radius 1 is 1.18 bits per heavy atom. The highest BCUT2D eigenvalue weighted by molar-refractivity contribution is 9.10. The van der Waals surface area contributed by atoms with Crippen molar-refractivity contribution < 1.29 is 13.2 Å². The summed E-state index contributed by atoms with van der Waals surface area (Å²) in [5, 5.41) is 4.50. The molecule has 0 bridgehead atoms. The van der Waals surface area contributed by atoms with E-state index < -0.39 is 10.0 Å². The van der Waals surface area contributed by atoms with E-state index in [0.29, 0.717) is 25.3 Å². The number of sulfonamides is 1. The van der Waals surface area contributed by atoms with Crippen LogP contribution in [-0.2, 0) is 16.6 Å². The van der Waals surface area contributed by atoms with Crippen LogP contribution in [0.3, 0.4) is 0 Å². The van der Waals surface area contributed by atoms with Crippen LogP contribution in [0.5, 0.6) is 0 Å². The fourth-order valence-corrected chi connectivity index (χ4v) is 5.22. The minimum absolute atomic E-state index is 0.0965. The van der Waals surface area contributed by atoms with Crippen molar-refractivity contribution in [1.29, 1.82) is 0 Å². The number of aromatic nitrogens is 2. The standard InChI is InChI=1S/C19H25BrN4O3S/c1-4-24-18(13-17(21-24)14(2)3)19(25)22-8-10-23(11-9-22)28(26,27)16-7-5-6-15(20)12-16/h5-7,12-14H,4,8-11H2,1-3H3. The minimum Gasteiger partial charge on any atom is -0.335 e. The maximum absolute atomic E-state index is 13.0. The summed E-state index contributed by atoms with van der Waals surface area (Å²) in [5.41, 5.74) is 1.45. The number of nitrogens with zero attached hydrogens (tertiary/aromatic N) is 4. The van der Waals surface area contributed by atoms with E-state index in [1.54, 1.807) is 33.8 Å². The molecule has 0 radical (unpaired) electrons. The molecular weight excluding hydrogens is 444 g/mol. The number of rotatable bonds is 5. The molecule has 152 valence electrons. The SMILES string of the molecule is CCn1nc(C(C)C)cc1C(=O)N1CCN(S(=O)(=O)c2cccc(Br)c2)CC1. The topological polar surface area (TPSA) is 75.5 Å². The Bertz CT molecular complexity index is 963. The van der Waals surface area contributed by atoms with Gasteiger partial charge in [0.2, 0.25) is 10.0 Å². The summed E-state index contributed by atoms with van der Waals surface area (Å²) in [6.45, 7) is 7.93. The minimum atomic E-state index is -3.57. The lowest BCUT2D eigenvalue weighted by atomic mass is 10.1. The molecule has 1 amide bonds. The molecule has 0 N–H and O–H groups in total. The number of hydrogen-bond donors (Lipinski definition) is 0. The molecule has 3 rings (SSSR count). The van der Waals surface area contributed by atoms with E-state index in [1.807, 2.05) is 26.8 Å². The molecule has 9 heteroatoms. The van der Waals surface area contributed by atoms with Crippen molar-refractivity contribution >= 4 is 31.9 Å². The fraction of sp³-hybridized carbons (Fsp3) is 0.474. The molecule has 0 unspecified atom stereocenters. The van der Waals surface area contributed by atoms with Gasteiger partial charge >= 0.3 is 0 Å². The van der Waals surface area contributed by atoms with E-state index in [-0.39, 0.29) is 29.8 Å². The smallest absolute Gasteiger partial charge is 0.272 e. The molecule has 1 aromatic heterocycles. The molecule has 0 saturated carbocycles. The van der Waals surface area contributed by atoms with Crippen molar-refractivity contribution in [2.45, 2.75) is 38.1 Å². The molecule has 1 aliphatic heterocycles. The first-order valence-electron chi connectivity index (χ1n) is 9.36. The number of amides is 1. The van der Waals surface area contributed by atoms with Crippen LogP contribution in [0, 0.1) is 0 Å². The molecule has 0 aliphatic carbocycles. The molecular formula is C19H25BrN4O3S. The van der Waals surface area contributed by atoms with Crippen LogP contribution in [0.25, 0.3) is 0 Å². The van der Waals surface area contributed by atoms with Crippen LogP contribution >= 0.6 is 15.9 Å². The van der Waals surface area contributed by atoms with Gasteiger partial charge in [0.25, 0.3) is 5.91 Å². The second-order valence-electron chi connectivity index (χ2n) is 7.08. The van der Waals surface area contributed by atoms with Crippen LogP contribution in [-0.4, -0.2) is 59.5 Å². The summed E-state index contributed by atoms with van der Waals surface area (Å²) in [6, 6.07) is 8.53. The number of piperazine rings is 1. The summed E-state index contributed by atoms with van der Waals surface area (Å²) in [4.78, 5) is 14.9. The molecule has 1 fully saturated rings. The molecule has 0 spiro atoms. The highest BCUT2D eigenvalue weighted by atomic mass is 79.9. The predicted octanol–water partition coefficient (Wildman–Crippen LogP) is 2.94. The van der Waals surface area contributed by atoms with E-state index in [4.69, 9.17) is 0 Å². The van der Waals surface area contributed by atoms with Gasteiger partial charge in [0.1, 0.15) is 5.69 Å². The third-order valence-corrected chi connectivity index (χ3v) is 7.26.